The molecule has 1 fully saturated rings. The zero-order valence-corrected chi connectivity index (χ0v) is 18.2. The van der Waals surface area contributed by atoms with E-state index in [4.69, 9.17) is 0 Å². The number of carbonyl (C=O) groups excluding carboxylic acids is 1. The fraction of sp³-hybridized carbons (Fsp3) is 0.174. The second-order valence-electron chi connectivity index (χ2n) is 7.77. The van der Waals surface area contributed by atoms with Crippen LogP contribution in [0.3, 0.4) is 0 Å². The number of likely N-dealkylation sites (tertiary alicyclic amines) is 1. The van der Waals surface area contributed by atoms with Gasteiger partial charge in [0.25, 0.3) is 5.91 Å². The molecular formula is C23H18FN7OS. The third-order valence-corrected chi connectivity index (χ3v) is 6.61. The molecule has 8 nitrogen and oxygen atoms in total. The quantitative estimate of drug-likeness (QED) is 0.403. The van der Waals surface area contributed by atoms with Gasteiger partial charge in [-0.25, -0.2) is 14.1 Å². The zero-order valence-electron chi connectivity index (χ0n) is 17.4. The molecule has 5 aromatic rings. The molecule has 0 radical (unpaired) electrons. The van der Waals surface area contributed by atoms with Crippen molar-refractivity contribution in [3.63, 3.8) is 0 Å². The monoisotopic (exact) mass is 459 g/mol. The van der Waals surface area contributed by atoms with E-state index in [-0.39, 0.29) is 23.6 Å². The summed E-state index contributed by atoms with van der Waals surface area (Å²) in [5, 5.41) is 15.0. The summed E-state index contributed by atoms with van der Waals surface area (Å²) in [7, 11) is 0. The topological polar surface area (TPSA) is 81.2 Å². The summed E-state index contributed by atoms with van der Waals surface area (Å²) in [6.45, 7) is 0.577. The van der Waals surface area contributed by atoms with Gasteiger partial charge >= 0.3 is 0 Å². The van der Waals surface area contributed by atoms with E-state index in [0.717, 1.165) is 29.2 Å². The Morgan fingerprint density at radius 3 is 2.88 bits per heavy atom. The highest BCUT2D eigenvalue weighted by molar-refractivity contribution is 7.13. The van der Waals surface area contributed by atoms with Crippen molar-refractivity contribution in [2.24, 2.45) is 0 Å². The molecule has 0 unspecified atom stereocenters. The van der Waals surface area contributed by atoms with Crippen molar-refractivity contribution >= 4 is 22.9 Å². The molecular weight excluding hydrogens is 441 g/mol. The van der Waals surface area contributed by atoms with Crippen molar-refractivity contribution in [3.8, 4) is 16.4 Å². The van der Waals surface area contributed by atoms with Crippen molar-refractivity contribution < 1.29 is 9.18 Å². The number of thiophene rings is 1. The van der Waals surface area contributed by atoms with Crippen molar-refractivity contribution in [3.05, 3.63) is 83.6 Å². The van der Waals surface area contributed by atoms with Crippen molar-refractivity contribution in [1.82, 2.24) is 34.3 Å². The van der Waals surface area contributed by atoms with Gasteiger partial charge in [0.1, 0.15) is 5.82 Å². The van der Waals surface area contributed by atoms with Gasteiger partial charge in [-0.3, -0.25) is 9.20 Å². The molecule has 1 amide bonds. The van der Waals surface area contributed by atoms with Crippen LogP contribution in [-0.4, -0.2) is 46.7 Å². The Bertz CT molecular complexity index is 1460. The first-order chi connectivity index (χ1) is 16.2. The SMILES string of the molecule is O=C(c1nc(-c2cccs2)n(-c2cccc(F)c2)n1)N1CCC[C@H]1c1nnc2ccccn12. The highest BCUT2D eigenvalue weighted by atomic mass is 32.1. The lowest BCUT2D eigenvalue weighted by Crippen LogP contribution is -2.32. The summed E-state index contributed by atoms with van der Waals surface area (Å²) in [4.78, 5) is 20.8. The van der Waals surface area contributed by atoms with Crippen molar-refractivity contribution in [2.75, 3.05) is 6.54 Å². The minimum Gasteiger partial charge on any atom is -0.326 e. The molecule has 0 bridgehead atoms. The smallest absolute Gasteiger partial charge is 0.294 e. The van der Waals surface area contributed by atoms with Crippen LogP contribution in [0.5, 0.6) is 0 Å². The number of pyridine rings is 1. The number of carbonyl (C=O) groups is 1. The normalized spacial score (nSPS) is 16.0. The van der Waals surface area contributed by atoms with E-state index in [1.165, 1.54) is 28.2 Å². The van der Waals surface area contributed by atoms with Crippen LogP contribution in [0.25, 0.3) is 22.0 Å². The van der Waals surface area contributed by atoms with Crippen LogP contribution in [0, 0.1) is 5.82 Å². The maximum Gasteiger partial charge on any atom is 0.294 e. The molecule has 0 aliphatic carbocycles. The Labute approximate surface area is 192 Å². The molecule has 1 atom stereocenters. The second-order valence-corrected chi connectivity index (χ2v) is 8.72. The lowest BCUT2D eigenvalue weighted by Gasteiger charge is -2.22. The Morgan fingerprint density at radius 1 is 1.09 bits per heavy atom. The number of hydrogen-bond acceptors (Lipinski definition) is 6. The van der Waals surface area contributed by atoms with Crippen molar-refractivity contribution in [2.45, 2.75) is 18.9 Å². The molecule has 6 rings (SSSR count). The Morgan fingerprint density at radius 2 is 2.03 bits per heavy atom. The summed E-state index contributed by atoms with van der Waals surface area (Å²) in [6.07, 6.45) is 3.53. The zero-order chi connectivity index (χ0) is 22.4. The number of benzene rings is 1. The van der Waals surface area contributed by atoms with Crippen LogP contribution in [-0.2, 0) is 0 Å². The van der Waals surface area contributed by atoms with Gasteiger partial charge in [0, 0.05) is 12.7 Å². The van der Waals surface area contributed by atoms with Crippen molar-refractivity contribution in [1.29, 1.82) is 0 Å². The summed E-state index contributed by atoms with van der Waals surface area (Å²) in [5.74, 6) is 0.634. The number of fused-ring (bicyclic) bond motifs is 1. The molecule has 1 aliphatic heterocycles. The highest BCUT2D eigenvalue weighted by Crippen LogP contribution is 2.33. The Balaban J connectivity index is 1.40. The first-order valence-corrected chi connectivity index (χ1v) is 11.4. The fourth-order valence-electron chi connectivity index (χ4n) is 4.25. The van der Waals surface area contributed by atoms with Gasteiger partial charge in [-0.15, -0.1) is 26.6 Å². The molecule has 1 aliphatic rings. The standard InChI is InChI=1S/C23H18FN7OS/c24-15-6-3-7-16(14-15)31-22(18-9-5-13-33-18)25-20(28-31)23(32)29-12-4-8-17(29)21-27-26-19-10-1-2-11-30(19)21/h1-3,5-7,9-11,13-14,17H,4,8,12H2/t17-/m0/s1. The van der Waals surface area contributed by atoms with E-state index in [2.05, 4.69) is 20.3 Å². The van der Waals surface area contributed by atoms with E-state index in [1.54, 1.807) is 17.0 Å². The van der Waals surface area contributed by atoms with E-state index >= 15 is 0 Å². The lowest BCUT2D eigenvalue weighted by molar-refractivity contribution is 0.0717. The Kier molecular flexibility index (Phi) is 4.72. The predicted octanol–water partition coefficient (Wildman–Crippen LogP) is 4.15. The maximum absolute atomic E-state index is 13.9. The Hall–Kier alpha value is -3.92. The molecule has 1 aromatic carbocycles. The number of aromatic nitrogens is 6. The van der Waals surface area contributed by atoms with E-state index in [1.807, 2.05) is 46.3 Å². The molecule has 0 saturated carbocycles. The number of amides is 1. The van der Waals surface area contributed by atoms with Gasteiger partial charge in [0.2, 0.25) is 5.82 Å². The molecule has 10 heteroatoms. The summed E-state index contributed by atoms with van der Waals surface area (Å²) in [6, 6.07) is 15.4. The largest absolute Gasteiger partial charge is 0.326 e. The summed E-state index contributed by atoms with van der Waals surface area (Å²) < 4.78 is 17.4. The number of rotatable bonds is 4. The van der Waals surface area contributed by atoms with E-state index in [9.17, 15) is 9.18 Å². The third kappa shape index (κ3) is 3.39. The third-order valence-electron chi connectivity index (χ3n) is 5.74. The average molecular weight is 460 g/mol. The molecule has 0 N–H and O–H groups in total. The van der Waals surface area contributed by atoms with E-state index < -0.39 is 0 Å². The predicted molar refractivity (Wildman–Crippen MR) is 121 cm³/mol. The van der Waals surface area contributed by atoms with Crippen LogP contribution < -0.4 is 0 Å². The highest BCUT2D eigenvalue weighted by Gasteiger charge is 2.36. The lowest BCUT2D eigenvalue weighted by atomic mass is 10.2. The van der Waals surface area contributed by atoms with Gasteiger partial charge in [0.05, 0.1) is 16.6 Å². The van der Waals surface area contributed by atoms with Crippen LogP contribution in [0.2, 0.25) is 0 Å². The fourth-order valence-corrected chi connectivity index (χ4v) is 4.95. The molecule has 33 heavy (non-hydrogen) atoms. The van der Waals surface area contributed by atoms with Gasteiger partial charge < -0.3 is 4.90 Å². The molecule has 1 saturated heterocycles. The number of halogens is 1. The van der Waals surface area contributed by atoms with Crippen LogP contribution in [0.15, 0.2) is 66.2 Å². The minimum atomic E-state index is -0.383. The van der Waals surface area contributed by atoms with Crippen LogP contribution in [0.1, 0.15) is 35.3 Å². The second kappa shape index (κ2) is 7.89. The first-order valence-electron chi connectivity index (χ1n) is 10.6. The van der Waals surface area contributed by atoms with Gasteiger partial charge in [-0.05, 0) is 54.6 Å². The van der Waals surface area contributed by atoms with Gasteiger partial charge in [-0.2, -0.15) is 0 Å². The minimum absolute atomic E-state index is 0.0726. The maximum atomic E-state index is 13.9. The van der Waals surface area contributed by atoms with Crippen LogP contribution >= 0.6 is 11.3 Å². The number of hydrogen-bond donors (Lipinski definition) is 0. The molecule has 4 aromatic heterocycles. The van der Waals surface area contributed by atoms with Gasteiger partial charge in [-0.1, -0.05) is 18.2 Å². The molecule has 0 spiro atoms. The number of nitrogens with zero attached hydrogens (tertiary/aromatic N) is 7. The average Bonchev–Trinajstić information content (AvgIpc) is 3.63. The molecule has 5 heterocycles. The van der Waals surface area contributed by atoms with Crippen LogP contribution in [0.4, 0.5) is 4.39 Å². The van der Waals surface area contributed by atoms with E-state index in [0.29, 0.717) is 18.1 Å². The summed E-state index contributed by atoms with van der Waals surface area (Å²) >= 11 is 1.48. The summed E-state index contributed by atoms with van der Waals surface area (Å²) in [5.41, 5.74) is 1.24. The molecule has 164 valence electrons. The first kappa shape index (κ1) is 19.7. The van der Waals surface area contributed by atoms with Gasteiger partial charge in [0.15, 0.2) is 17.3 Å².